The molecule has 16 heavy (non-hydrogen) atoms. The van der Waals surface area contributed by atoms with Crippen LogP contribution in [0.15, 0.2) is 36.7 Å². The second kappa shape index (κ2) is 4.42. The van der Waals surface area contributed by atoms with E-state index in [0.29, 0.717) is 11.3 Å². The van der Waals surface area contributed by atoms with Crippen molar-refractivity contribution in [1.29, 1.82) is 0 Å². The zero-order chi connectivity index (χ0) is 11.5. The van der Waals surface area contributed by atoms with Crippen molar-refractivity contribution in [2.24, 2.45) is 5.73 Å². The van der Waals surface area contributed by atoms with E-state index in [0.717, 1.165) is 0 Å². The summed E-state index contributed by atoms with van der Waals surface area (Å²) in [6.45, 7) is -0.144. The molecule has 0 amide bonds. The van der Waals surface area contributed by atoms with E-state index in [1.165, 1.54) is 16.8 Å². The largest absolute Gasteiger partial charge is 0.394 e. The smallest absolute Gasteiger partial charge is 0.125 e. The lowest BCUT2D eigenvalue weighted by Gasteiger charge is -2.03. The van der Waals surface area contributed by atoms with Gasteiger partial charge in [0.2, 0.25) is 0 Å². The maximum atomic E-state index is 13.0. The number of halogens is 1. The molecule has 0 aliphatic heterocycles. The fraction of sp³-hybridized carbons (Fsp3) is 0.182. The third kappa shape index (κ3) is 2.10. The van der Waals surface area contributed by atoms with Gasteiger partial charge in [-0.15, -0.1) is 0 Å². The number of hydrogen-bond acceptors (Lipinski definition) is 3. The Morgan fingerprint density at radius 1 is 1.50 bits per heavy atom. The predicted molar refractivity (Wildman–Crippen MR) is 57.5 cm³/mol. The summed E-state index contributed by atoms with van der Waals surface area (Å²) >= 11 is 0. The highest BCUT2D eigenvalue weighted by Crippen LogP contribution is 2.13. The molecule has 4 nitrogen and oxygen atoms in total. The van der Waals surface area contributed by atoms with Crippen LogP contribution in [0, 0.1) is 5.82 Å². The average molecular weight is 221 g/mol. The summed E-state index contributed by atoms with van der Waals surface area (Å²) in [4.78, 5) is 0. The van der Waals surface area contributed by atoms with Crippen LogP contribution in [-0.4, -0.2) is 21.5 Å². The zero-order valence-electron chi connectivity index (χ0n) is 8.55. The van der Waals surface area contributed by atoms with E-state index in [2.05, 4.69) is 5.10 Å². The normalized spacial score (nSPS) is 12.7. The Bertz CT molecular complexity index is 484. The van der Waals surface area contributed by atoms with Crippen LogP contribution in [-0.2, 0) is 0 Å². The number of hydrogen-bond donors (Lipinski definition) is 2. The van der Waals surface area contributed by atoms with E-state index in [9.17, 15) is 4.39 Å². The molecule has 0 saturated heterocycles. The molecule has 2 aromatic rings. The Hall–Kier alpha value is -1.72. The Morgan fingerprint density at radius 2 is 2.31 bits per heavy atom. The molecular weight excluding hydrogens is 209 g/mol. The van der Waals surface area contributed by atoms with Gasteiger partial charge in [0, 0.05) is 11.8 Å². The van der Waals surface area contributed by atoms with Gasteiger partial charge in [0.25, 0.3) is 0 Å². The Balaban J connectivity index is 2.31. The van der Waals surface area contributed by atoms with Crippen LogP contribution in [0.4, 0.5) is 4.39 Å². The Kier molecular flexibility index (Phi) is 2.98. The molecule has 1 unspecified atom stereocenters. The maximum absolute atomic E-state index is 13.0. The highest BCUT2D eigenvalue weighted by molar-refractivity contribution is 5.32. The van der Waals surface area contributed by atoms with Gasteiger partial charge in [-0.2, -0.15) is 5.10 Å². The molecule has 0 bridgehead atoms. The van der Waals surface area contributed by atoms with Crippen molar-refractivity contribution < 1.29 is 9.50 Å². The highest BCUT2D eigenvalue weighted by Gasteiger charge is 2.08. The van der Waals surface area contributed by atoms with Crippen LogP contribution in [0.1, 0.15) is 11.6 Å². The Morgan fingerprint density at radius 3 is 3.00 bits per heavy atom. The van der Waals surface area contributed by atoms with E-state index in [1.807, 2.05) is 0 Å². The minimum Gasteiger partial charge on any atom is -0.394 e. The summed E-state index contributed by atoms with van der Waals surface area (Å²) in [5.74, 6) is -0.319. The van der Waals surface area contributed by atoms with E-state index < -0.39 is 6.04 Å². The van der Waals surface area contributed by atoms with Crippen LogP contribution >= 0.6 is 0 Å². The number of aliphatic hydroxyl groups excluding tert-OH is 1. The van der Waals surface area contributed by atoms with Crippen molar-refractivity contribution in [3.8, 4) is 5.69 Å². The van der Waals surface area contributed by atoms with Crippen molar-refractivity contribution >= 4 is 0 Å². The minimum atomic E-state index is -0.456. The van der Waals surface area contributed by atoms with Gasteiger partial charge in [0.1, 0.15) is 5.82 Å². The topological polar surface area (TPSA) is 64.1 Å². The van der Waals surface area contributed by atoms with Gasteiger partial charge in [0.05, 0.1) is 24.5 Å². The second-order valence-electron chi connectivity index (χ2n) is 3.49. The molecule has 84 valence electrons. The SMILES string of the molecule is NC(CO)c1cnn(-c2cccc(F)c2)c1. The number of nitrogens with zero attached hydrogens (tertiary/aromatic N) is 2. The fourth-order valence-electron chi connectivity index (χ4n) is 1.39. The summed E-state index contributed by atoms with van der Waals surface area (Å²) in [7, 11) is 0. The summed E-state index contributed by atoms with van der Waals surface area (Å²) < 4.78 is 14.5. The lowest BCUT2D eigenvalue weighted by atomic mass is 10.2. The average Bonchev–Trinajstić information content (AvgIpc) is 2.77. The molecule has 1 aromatic carbocycles. The molecule has 5 heteroatoms. The molecule has 0 aliphatic carbocycles. The van der Waals surface area contributed by atoms with Crippen molar-refractivity contribution in [2.45, 2.75) is 6.04 Å². The number of rotatable bonds is 3. The molecule has 0 aliphatic rings. The maximum Gasteiger partial charge on any atom is 0.125 e. The first-order valence-electron chi connectivity index (χ1n) is 4.87. The van der Waals surface area contributed by atoms with Crippen LogP contribution in [0.25, 0.3) is 5.69 Å². The molecular formula is C11H12FN3O. The number of aromatic nitrogens is 2. The Labute approximate surface area is 92.1 Å². The molecule has 0 spiro atoms. The number of nitrogens with two attached hydrogens (primary N) is 1. The summed E-state index contributed by atoms with van der Waals surface area (Å²) in [5, 5.41) is 12.9. The van der Waals surface area contributed by atoms with E-state index in [-0.39, 0.29) is 12.4 Å². The standard InChI is InChI=1S/C11H12FN3O/c12-9-2-1-3-10(4-9)15-6-8(5-14-15)11(13)7-16/h1-6,11,16H,7,13H2. The number of benzene rings is 1. The van der Waals surface area contributed by atoms with Crippen molar-refractivity contribution in [3.05, 3.63) is 48.0 Å². The quantitative estimate of drug-likeness (QED) is 0.812. The first-order valence-corrected chi connectivity index (χ1v) is 4.87. The first kappa shape index (κ1) is 10.8. The minimum absolute atomic E-state index is 0.144. The highest BCUT2D eigenvalue weighted by atomic mass is 19.1. The van der Waals surface area contributed by atoms with E-state index >= 15 is 0 Å². The van der Waals surface area contributed by atoms with Crippen molar-refractivity contribution in [3.63, 3.8) is 0 Å². The van der Waals surface area contributed by atoms with Crippen LogP contribution in [0.3, 0.4) is 0 Å². The van der Waals surface area contributed by atoms with E-state index in [4.69, 9.17) is 10.8 Å². The van der Waals surface area contributed by atoms with Gasteiger partial charge < -0.3 is 10.8 Å². The first-order chi connectivity index (χ1) is 7.70. The third-order valence-corrected chi connectivity index (χ3v) is 2.30. The molecule has 0 fully saturated rings. The van der Waals surface area contributed by atoms with E-state index in [1.54, 1.807) is 24.5 Å². The van der Waals surface area contributed by atoms with Crippen LogP contribution < -0.4 is 5.73 Å². The summed E-state index contributed by atoms with van der Waals surface area (Å²) in [5.41, 5.74) is 6.97. The molecule has 1 aromatic heterocycles. The van der Waals surface area contributed by atoms with Gasteiger partial charge >= 0.3 is 0 Å². The van der Waals surface area contributed by atoms with Gasteiger partial charge in [0.15, 0.2) is 0 Å². The van der Waals surface area contributed by atoms with Crippen molar-refractivity contribution in [2.75, 3.05) is 6.61 Å². The molecule has 0 saturated carbocycles. The number of aliphatic hydroxyl groups is 1. The van der Waals surface area contributed by atoms with Gasteiger partial charge in [-0.3, -0.25) is 0 Å². The molecule has 2 rings (SSSR count). The third-order valence-electron chi connectivity index (χ3n) is 2.30. The van der Waals surface area contributed by atoms with Gasteiger partial charge in [-0.05, 0) is 18.2 Å². The summed E-state index contributed by atoms with van der Waals surface area (Å²) in [6, 6.07) is 5.64. The lowest BCUT2D eigenvalue weighted by molar-refractivity contribution is 0.268. The van der Waals surface area contributed by atoms with Crippen LogP contribution in [0.5, 0.6) is 0 Å². The van der Waals surface area contributed by atoms with Crippen molar-refractivity contribution in [1.82, 2.24) is 9.78 Å². The summed E-state index contributed by atoms with van der Waals surface area (Å²) in [6.07, 6.45) is 3.24. The lowest BCUT2D eigenvalue weighted by Crippen LogP contribution is -2.13. The fourth-order valence-corrected chi connectivity index (χ4v) is 1.39. The molecule has 1 atom stereocenters. The van der Waals surface area contributed by atoms with Gasteiger partial charge in [-0.1, -0.05) is 6.07 Å². The van der Waals surface area contributed by atoms with Gasteiger partial charge in [-0.25, -0.2) is 9.07 Å². The molecule has 3 N–H and O–H groups in total. The predicted octanol–water partition coefficient (Wildman–Crippen LogP) is 1.00. The zero-order valence-corrected chi connectivity index (χ0v) is 8.55. The second-order valence-corrected chi connectivity index (χ2v) is 3.49. The molecule has 1 heterocycles. The molecule has 0 radical (unpaired) electrons. The van der Waals surface area contributed by atoms with Crippen LogP contribution in [0.2, 0.25) is 0 Å². The monoisotopic (exact) mass is 221 g/mol.